The molecular formula is C4H8BrClZn. The molecule has 0 nitrogen and oxygen atoms in total. The SMILES string of the molecule is ClCCCCBr.[Zn]. The molecule has 0 aromatic heterocycles. The normalized spacial score (nSPS) is 7.71. The molecule has 0 aliphatic heterocycles. The smallest absolute Gasteiger partial charge is 0.0223 e. The summed E-state index contributed by atoms with van der Waals surface area (Å²) in [4.78, 5) is 0. The van der Waals surface area contributed by atoms with Gasteiger partial charge in [0.1, 0.15) is 0 Å². The number of rotatable bonds is 3. The van der Waals surface area contributed by atoms with E-state index >= 15 is 0 Å². The minimum Gasteiger partial charge on any atom is -0.127 e. The van der Waals surface area contributed by atoms with Crippen LogP contribution in [0.15, 0.2) is 0 Å². The molecule has 0 aromatic rings. The second-order valence-electron chi connectivity index (χ2n) is 1.09. The maximum atomic E-state index is 5.36. The topological polar surface area (TPSA) is 0 Å². The standard InChI is InChI=1S/C4H8BrCl.Zn/c5-3-1-2-4-6;/h1-4H2;. The molecular weight excluding hydrogens is 229 g/mol. The maximum absolute atomic E-state index is 5.36. The van der Waals surface area contributed by atoms with Crippen molar-refractivity contribution in [2.75, 3.05) is 11.2 Å². The third-order valence-electron chi connectivity index (χ3n) is 0.517. The summed E-state index contributed by atoms with van der Waals surface area (Å²) in [7, 11) is 0. The first-order valence-electron chi connectivity index (χ1n) is 2.03. The molecule has 0 aliphatic rings. The van der Waals surface area contributed by atoms with Crippen LogP contribution < -0.4 is 0 Å². The van der Waals surface area contributed by atoms with Crippen molar-refractivity contribution in [2.24, 2.45) is 0 Å². The molecule has 0 bridgehead atoms. The Bertz CT molecular complexity index is 23.7. The van der Waals surface area contributed by atoms with Crippen molar-refractivity contribution in [2.45, 2.75) is 12.8 Å². The van der Waals surface area contributed by atoms with Crippen molar-refractivity contribution in [3.05, 3.63) is 0 Å². The van der Waals surface area contributed by atoms with Crippen LogP contribution >= 0.6 is 27.5 Å². The molecule has 0 amide bonds. The maximum Gasteiger partial charge on any atom is 0.0223 e. The van der Waals surface area contributed by atoms with Crippen molar-refractivity contribution in [3.8, 4) is 0 Å². The second-order valence-corrected chi connectivity index (χ2v) is 2.26. The third-order valence-corrected chi connectivity index (χ3v) is 1.35. The van der Waals surface area contributed by atoms with Crippen LogP contribution in [0.1, 0.15) is 12.8 Å². The van der Waals surface area contributed by atoms with E-state index in [1.165, 1.54) is 6.42 Å². The van der Waals surface area contributed by atoms with Crippen LogP contribution in [-0.2, 0) is 19.5 Å². The van der Waals surface area contributed by atoms with Crippen LogP contribution in [0, 0.1) is 0 Å². The molecule has 40 valence electrons. The van der Waals surface area contributed by atoms with E-state index in [0.29, 0.717) is 0 Å². The summed E-state index contributed by atoms with van der Waals surface area (Å²) in [5, 5.41) is 1.08. The van der Waals surface area contributed by atoms with E-state index in [1.807, 2.05) is 0 Å². The zero-order valence-corrected chi connectivity index (χ0v) is 9.60. The monoisotopic (exact) mass is 234 g/mol. The van der Waals surface area contributed by atoms with E-state index in [0.717, 1.165) is 17.6 Å². The van der Waals surface area contributed by atoms with Gasteiger partial charge in [-0.25, -0.2) is 0 Å². The van der Waals surface area contributed by atoms with E-state index in [-0.39, 0.29) is 19.5 Å². The van der Waals surface area contributed by atoms with Gasteiger partial charge in [-0.05, 0) is 12.8 Å². The van der Waals surface area contributed by atoms with Crippen molar-refractivity contribution in [1.29, 1.82) is 0 Å². The molecule has 0 radical (unpaired) electrons. The Morgan fingerprint density at radius 3 is 2.00 bits per heavy atom. The molecule has 0 unspecified atom stereocenters. The van der Waals surface area contributed by atoms with Gasteiger partial charge >= 0.3 is 0 Å². The Morgan fingerprint density at radius 1 is 1.29 bits per heavy atom. The Balaban J connectivity index is 0. The number of hydrogen-bond acceptors (Lipinski definition) is 0. The van der Waals surface area contributed by atoms with Gasteiger partial charge in [0, 0.05) is 30.7 Å². The Morgan fingerprint density at radius 2 is 1.86 bits per heavy atom. The molecule has 3 heteroatoms. The van der Waals surface area contributed by atoms with Crippen LogP contribution in [0.25, 0.3) is 0 Å². The summed E-state index contributed by atoms with van der Waals surface area (Å²) < 4.78 is 0. The number of unbranched alkanes of at least 4 members (excludes halogenated alkanes) is 1. The largest absolute Gasteiger partial charge is 0.127 e. The summed E-state index contributed by atoms with van der Waals surface area (Å²) in [6.45, 7) is 0. The fourth-order valence-electron chi connectivity index (χ4n) is 0.189. The van der Waals surface area contributed by atoms with Crippen LogP contribution in [-0.4, -0.2) is 11.2 Å². The minimum absolute atomic E-state index is 0. The first kappa shape index (κ1) is 11.2. The van der Waals surface area contributed by atoms with Gasteiger partial charge in [0.05, 0.1) is 0 Å². The summed E-state index contributed by atoms with van der Waals surface area (Å²) in [5.41, 5.74) is 0. The average Bonchev–Trinajstić information content (AvgIpc) is 1.61. The molecule has 0 aliphatic carbocycles. The Labute approximate surface area is 70.9 Å². The summed E-state index contributed by atoms with van der Waals surface area (Å²) >= 11 is 8.65. The first-order chi connectivity index (χ1) is 2.91. The molecule has 0 rings (SSSR count). The second kappa shape index (κ2) is 10.4. The van der Waals surface area contributed by atoms with Crippen molar-refractivity contribution in [1.82, 2.24) is 0 Å². The van der Waals surface area contributed by atoms with Crippen molar-refractivity contribution < 1.29 is 19.5 Å². The fraction of sp³-hybridized carbons (Fsp3) is 1.00. The van der Waals surface area contributed by atoms with Crippen LogP contribution in [0.3, 0.4) is 0 Å². The van der Waals surface area contributed by atoms with E-state index in [2.05, 4.69) is 15.9 Å². The van der Waals surface area contributed by atoms with Crippen LogP contribution in [0.5, 0.6) is 0 Å². The summed E-state index contributed by atoms with van der Waals surface area (Å²) in [6.07, 6.45) is 2.33. The minimum atomic E-state index is 0. The molecule has 0 spiro atoms. The van der Waals surface area contributed by atoms with Crippen LogP contribution in [0.4, 0.5) is 0 Å². The zero-order chi connectivity index (χ0) is 4.83. The fourth-order valence-corrected chi connectivity index (χ4v) is 0.774. The number of alkyl halides is 2. The molecule has 0 heterocycles. The van der Waals surface area contributed by atoms with E-state index < -0.39 is 0 Å². The van der Waals surface area contributed by atoms with Gasteiger partial charge < -0.3 is 0 Å². The Kier molecular flexibility index (Phi) is 16.7. The van der Waals surface area contributed by atoms with Gasteiger partial charge in [0.25, 0.3) is 0 Å². The first-order valence-corrected chi connectivity index (χ1v) is 3.69. The van der Waals surface area contributed by atoms with E-state index in [9.17, 15) is 0 Å². The van der Waals surface area contributed by atoms with E-state index in [1.54, 1.807) is 0 Å². The molecule has 7 heavy (non-hydrogen) atoms. The van der Waals surface area contributed by atoms with Gasteiger partial charge in [-0.1, -0.05) is 15.9 Å². The Hall–Kier alpha value is 1.39. The van der Waals surface area contributed by atoms with Gasteiger partial charge in [-0.15, -0.1) is 11.6 Å². The number of halogens is 2. The van der Waals surface area contributed by atoms with Crippen LogP contribution in [0.2, 0.25) is 0 Å². The van der Waals surface area contributed by atoms with Crippen molar-refractivity contribution >= 4 is 27.5 Å². The van der Waals surface area contributed by atoms with Gasteiger partial charge in [-0.3, -0.25) is 0 Å². The van der Waals surface area contributed by atoms with Gasteiger partial charge in [-0.2, -0.15) is 0 Å². The molecule has 0 fully saturated rings. The summed E-state index contributed by atoms with van der Waals surface area (Å²) in [6, 6.07) is 0. The predicted molar refractivity (Wildman–Crippen MR) is 33.7 cm³/mol. The van der Waals surface area contributed by atoms with Gasteiger partial charge in [0.2, 0.25) is 0 Å². The van der Waals surface area contributed by atoms with E-state index in [4.69, 9.17) is 11.6 Å². The predicted octanol–water partition coefficient (Wildman–Crippen LogP) is 2.40. The molecule has 0 N–H and O–H groups in total. The molecule has 0 saturated heterocycles. The zero-order valence-electron chi connectivity index (χ0n) is 4.29. The number of hydrogen-bond donors (Lipinski definition) is 0. The molecule has 0 saturated carbocycles. The molecule has 0 aromatic carbocycles. The quantitative estimate of drug-likeness (QED) is 0.401. The summed E-state index contributed by atoms with van der Waals surface area (Å²) in [5.74, 6) is 0.797. The van der Waals surface area contributed by atoms with Crippen molar-refractivity contribution in [3.63, 3.8) is 0 Å². The molecule has 0 atom stereocenters. The van der Waals surface area contributed by atoms with Gasteiger partial charge in [0.15, 0.2) is 0 Å². The third kappa shape index (κ3) is 11.1. The average molecular weight is 237 g/mol.